The zero-order valence-electron chi connectivity index (χ0n) is 23.3. The van der Waals surface area contributed by atoms with Gasteiger partial charge in [0.1, 0.15) is 17.4 Å². The van der Waals surface area contributed by atoms with Gasteiger partial charge in [0, 0.05) is 6.04 Å². The average Bonchev–Trinajstić information content (AvgIpc) is 3.17. The van der Waals surface area contributed by atoms with E-state index in [1.54, 1.807) is 33.4 Å². The molecule has 0 saturated heterocycles. The van der Waals surface area contributed by atoms with E-state index < -0.39 is 23.7 Å². The van der Waals surface area contributed by atoms with Crippen molar-refractivity contribution in [1.29, 1.82) is 0 Å². The largest absolute Gasteiger partial charge is 0.497 e. The van der Waals surface area contributed by atoms with Crippen molar-refractivity contribution in [2.24, 2.45) is 17.3 Å². The number of hydrogen-bond acceptors (Lipinski definition) is 5. The Morgan fingerprint density at radius 2 is 1.95 bits per heavy atom. The highest BCUT2D eigenvalue weighted by Crippen LogP contribution is 2.61. The summed E-state index contributed by atoms with van der Waals surface area (Å²) in [5, 5.41) is 15.9. The van der Waals surface area contributed by atoms with Crippen molar-refractivity contribution in [3.63, 3.8) is 0 Å². The van der Waals surface area contributed by atoms with Gasteiger partial charge < -0.3 is 25.2 Å². The number of benzene rings is 1. The number of nitrogens with one attached hydrogen (secondary N) is 2. The van der Waals surface area contributed by atoms with Crippen molar-refractivity contribution in [3.8, 4) is 5.75 Å². The number of carbonyl (C=O) groups is 2. The maximum Gasteiger partial charge on any atom is 0.408 e. The van der Waals surface area contributed by atoms with E-state index in [2.05, 4.69) is 35.8 Å². The van der Waals surface area contributed by atoms with Crippen molar-refractivity contribution in [2.45, 2.75) is 109 Å². The van der Waals surface area contributed by atoms with Gasteiger partial charge in [-0.15, -0.1) is 0 Å². The number of ether oxygens (including phenoxy) is 2. The van der Waals surface area contributed by atoms with E-state index in [1.807, 2.05) is 0 Å². The molecule has 2 saturated carbocycles. The number of fused-ring (bicyclic) bond motifs is 5. The number of carbonyl (C=O) groups excluding carboxylic acids is 1. The van der Waals surface area contributed by atoms with E-state index in [0.29, 0.717) is 23.8 Å². The zero-order valence-corrected chi connectivity index (χ0v) is 23.3. The van der Waals surface area contributed by atoms with Gasteiger partial charge in [-0.1, -0.05) is 13.0 Å². The molecule has 1 amide bonds. The maximum atomic E-state index is 12.0. The van der Waals surface area contributed by atoms with Crippen LogP contribution in [0.3, 0.4) is 0 Å². The molecule has 0 aromatic heterocycles. The second-order valence-corrected chi connectivity index (χ2v) is 12.6. The van der Waals surface area contributed by atoms with Crippen LogP contribution in [-0.4, -0.2) is 48.5 Å². The summed E-state index contributed by atoms with van der Waals surface area (Å²) in [4.78, 5) is 23.6. The molecular weight excluding hydrogens is 468 g/mol. The van der Waals surface area contributed by atoms with E-state index in [4.69, 9.17) is 9.47 Å². The summed E-state index contributed by atoms with van der Waals surface area (Å²) >= 11 is 0. The zero-order chi connectivity index (χ0) is 26.8. The van der Waals surface area contributed by atoms with Crippen LogP contribution in [-0.2, 0) is 16.0 Å². The normalized spacial score (nSPS) is 29.4. The molecule has 3 aliphatic rings. The van der Waals surface area contributed by atoms with Crippen molar-refractivity contribution in [1.82, 2.24) is 10.6 Å². The number of carboxylic acid groups (broad SMARTS) is 1. The minimum atomic E-state index is -1.02. The van der Waals surface area contributed by atoms with Crippen LogP contribution in [0, 0.1) is 17.3 Å². The molecule has 0 spiro atoms. The van der Waals surface area contributed by atoms with Gasteiger partial charge in [-0.25, -0.2) is 9.59 Å². The number of rotatable bonds is 9. The molecule has 7 nitrogen and oxygen atoms in total. The number of unbranched alkanes of at least 4 members (excludes halogenated alkanes) is 1. The first kappa shape index (κ1) is 27.7. The van der Waals surface area contributed by atoms with Crippen LogP contribution < -0.4 is 15.4 Å². The van der Waals surface area contributed by atoms with Crippen LogP contribution in [0.4, 0.5) is 4.79 Å². The lowest BCUT2D eigenvalue weighted by molar-refractivity contribution is -0.139. The molecule has 0 radical (unpaired) electrons. The minimum Gasteiger partial charge on any atom is -0.497 e. The summed E-state index contributed by atoms with van der Waals surface area (Å²) in [6, 6.07) is 6.29. The summed E-state index contributed by atoms with van der Waals surface area (Å²) in [7, 11) is 1.75. The monoisotopic (exact) mass is 514 g/mol. The van der Waals surface area contributed by atoms with Crippen LogP contribution in [0.2, 0.25) is 0 Å². The van der Waals surface area contributed by atoms with Gasteiger partial charge in [-0.05, 0) is 132 Å². The van der Waals surface area contributed by atoms with Crippen LogP contribution >= 0.6 is 0 Å². The molecule has 0 aliphatic heterocycles. The highest BCUT2D eigenvalue weighted by molar-refractivity contribution is 5.79. The third-order valence-corrected chi connectivity index (χ3v) is 9.23. The summed E-state index contributed by atoms with van der Waals surface area (Å²) < 4.78 is 10.7. The van der Waals surface area contributed by atoms with Crippen LogP contribution in [0.15, 0.2) is 18.2 Å². The molecule has 1 aromatic rings. The lowest BCUT2D eigenvalue weighted by atomic mass is 9.55. The molecule has 7 heteroatoms. The Balaban J connectivity index is 1.26. The lowest BCUT2D eigenvalue weighted by Gasteiger charge is -2.51. The Hall–Kier alpha value is -2.28. The lowest BCUT2D eigenvalue weighted by Crippen LogP contribution is -2.48. The van der Waals surface area contributed by atoms with Crippen LogP contribution in [0.5, 0.6) is 5.75 Å². The van der Waals surface area contributed by atoms with E-state index in [1.165, 1.54) is 37.7 Å². The molecule has 6 atom stereocenters. The van der Waals surface area contributed by atoms with Gasteiger partial charge in [0.2, 0.25) is 0 Å². The number of methoxy groups -OCH3 is 1. The van der Waals surface area contributed by atoms with E-state index in [9.17, 15) is 14.7 Å². The molecule has 1 aromatic carbocycles. The third-order valence-electron chi connectivity index (χ3n) is 9.23. The maximum absolute atomic E-state index is 12.0. The third kappa shape index (κ3) is 6.24. The Morgan fingerprint density at radius 1 is 1.16 bits per heavy atom. The standard InChI is InChI=1S/C30H46N2O5/c1-29(2,3)37-28(35)32-25(27(33)34)8-6-7-17-31-26-14-13-24-23-11-9-19-18-20(36-5)10-12-21(19)22(23)15-16-30(24,26)4/h10,12,18,22-26,31H,6-9,11,13-17H2,1-5H3,(H,32,35)(H,33,34)/t22?,23?,24?,25-,26?,30-/m0/s1. The predicted octanol–water partition coefficient (Wildman–Crippen LogP) is 5.66. The number of hydrogen-bond donors (Lipinski definition) is 3. The van der Waals surface area contributed by atoms with Crippen molar-refractivity contribution in [3.05, 3.63) is 29.3 Å². The number of aliphatic carboxylic acids is 1. The Bertz CT molecular complexity index is 973. The van der Waals surface area contributed by atoms with Crippen LogP contribution in [0.25, 0.3) is 0 Å². The first-order valence-corrected chi connectivity index (χ1v) is 14.1. The van der Waals surface area contributed by atoms with E-state index in [0.717, 1.165) is 43.4 Å². The summed E-state index contributed by atoms with van der Waals surface area (Å²) in [6.07, 6.45) is 8.79. The second-order valence-electron chi connectivity index (χ2n) is 12.6. The molecule has 4 rings (SSSR count). The Kier molecular flexibility index (Phi) is 8.41. The quantitative estimate of drug-likeness (QED) is 0.368. The van der Waals surface area contributed by atoms with Gasteiger partial charge in [-0.3, -0.25) is 0 Å². The molecule has 0 heterocycles. The average molecular weight is 515 g/mol. The van der Waals surface area contributed by atoms with Gasteiger partial charge in [-0.2, -0.15) is 0 Å². The van der Waals surface area contributed by atoms with E-state index >= 15 is 0 Å². The number of alkyl carbamates (subject to hydrolysis) is 1. The van der Waals surface area contributed by atoms with Crippen molar-refractivity contribution < 1.29 is 24.2 Å². The Morgan fingerprint density at radius 3 is 2.65 bits per heavy atom. The molecular formula is C30H46N2O5. The van der Waals surface area contributed by atoms with Crippen molar-refractivity contribution in [2.75, 3.05) is 13.7 Å². The molecule has 206 valence electrons. The van der Waals surface area contributed by atoms with Gasteiger partial charge in [0.15, 0.2) is 0 Å². The minimum absolute atomic E-state index is 0.326. The predicted molar refractivity (Wildman–Crippen MR) is 144 cm³/mol. The summed E-state index contributed by atoms with van der Waals surface area (Å²) in [6.45, 7) is 8.67. The topological polar surface area (TPSA) is 96.9 Å². The number of amides is 1. The molecule has 3 N–H and O–H groups in total. The fraction of sp³-hybridized carbons (Fsp3) is 0.733. The fourth-order valence-electron chi connectivity index (χ4n) is 7.48. The summed E-state index contributed by atoms with van der Waals surface area (Å²) in [5.41, 5.74) is 2.72. The van der Waals surface area contributed by atoms with Crippen LogP contribution in [0.1, 0.15) is 96.1 Å². The van der Waals surface area contributed by atoms with Crippen molar-refractivity contribution >= 4 is 12.1 Å². The van der Waals surface area contributed by atoms with Gasteiger partial charge in [0.25, 0.3) is 0 Å². The number of aryl methyl sites for hydroxylation is 1. The molecule has 37 heavy (non-hydrogen) atoms. The fourth-order valence-corrected chi connectivity index (χ4v) is 7.48. The number of carboxylic acids is 1. The Labute approximate surface area is 222 Å². The highest BCUT2D eigenvalue weighted by atomic mass is 16.6. The first-order valence-electron chi connectivity index (χ1n) is 14.1. The molecule has 0 bridgehead atoms. The molecule has 2 fully saturated rings. The second kappa shape index (κ2) is 11.2. The highest BCUT2D eigenvalue weighted by Gasteiger charge is 2.54. The summed E-state index contributed by atoms with van der Waals surface area (Å²) in [5.74, 6) is 2.15. The SMILES string of the molecule is COc1ccc2c(c1)CCC1C2CC[C@]2(C)C(NCCCC[C@H](NC(=O)OC(C)(C)C)C(=O)O)CCC12. The molecule has 3 aliphatic carbocycles. The van der Waals surface area contributed by atoms with Gasteiger partial charge in [0.05, 0.1) is 7.11 Å². The van der Waals surface area contributed by atoms with Gasteiger partial charge >= 0.3 is 12.1 Å². The smallest absolute Gasteiger partial charge is 0.408 e. The van der Waals surface area contributed by atoms with E-state index in [-0.39, 0.29) is 0 Å². The molecule has 4 unspecified atom stereocenters. The first-order chi connectivity index (χ1) is 17.5.